The van der Waals surface area contributed by atoms with Gasteiger partial charge < -0.3 is 14.6 Å². The molecule has 0 radical (unpaired) electrons. The minimum atomic E-state index is -0.467. The Morgan fingerprint density at radius 2 is 2.08 bits per heavy atom. The van der Waals surface area contributed by atoms with Crippen molar-refractivity contribution in [1.29, 1.82) is 0 Å². The fourth-order valence-electron chi connectivity index (χ4n) is 3.17. The summed E-state index contributed by atoms with van der Waals surface area (Å²) < 4.78 is 10.8. The van der Waals surface area contributed by atoms with Crippen LogP contribution in [0.1, 0.15) is 29.0 Å². The Balaban J connectivity index is 1.43. The number of nitrogens with zero attached hydrogens (tertiary/aromatic N) is 1. The number of rotatable bonds is 7. The lowest BCUT2D eigenvalue weighted by molar-refractivity contribution is 0.00224. The van der Waals surface area contributed by atoms with Crippen molar-refractivity contribution in [1.82, 2.24) is 4.90 Å². The zero-order valence-electron chi connectivity index (χ0n) is 14.3. The highest BCUT2D eigenvalue weighted by molar-refractivity contribution is 7.10. The van der Waals surface area contributed by atoms with Gasteiger partial charge in [-0.3, -0.25) is 4.90 Å². The summed E-state index contributed by atoms with van der Waals surface area (Å²) in [6.45, 7) is 4.73. The Hall–Kier alpha value is -1.40. The van der Waals surface area contributed by atoms with Gasteiger partial charge in [-0.2, -0.15) is 0 Å². The van der Waals surface area contributed by atoms with E-state index in [9.17, 15) is 5.11 Å². The van der Waals surface area contributed by atoms with Gasteiger partial charge in [0.05, 0.1) is 26.4 Å². The first-order valence-corrected chi connectivity index (χ1v) is 9.24. The van der Waals surface area contributed by atoms with E-state index in [0.717, 1.165) is 24.3 Å². The molecule has 4 nitrogen and oxygen atoms in total. The van der Waals surface area contributed by atoms with Gasteiger partial charge >= 0.3 is 0 Å². The third-order valence-corrected chi connectivity index (χ3v) is 5.58. The van der Waals surface area contributed by atoms with Crippen LogP contribution in [0.3, 0.4) is 0 Å². The van der Waals surface area contributed by atoms with Gasteiger partial charge in [-0.1, -0.05) is 12.1 Å². The van der Waals surface area contributed by atoms with Crippen LogP contribution in [-0.2, 0) is 17.8 Å². The summed E-state index contributed by atoms with van der Waals surface area (Å²) in [5, 5.41) is 12.5. The molecule has 2 heterocycles. The van der Waals surface area contributed by atoms with Crippen LogP contribution < -0.4 is 4.74 Å². The summed E-state index contributed by atoms with van der Waals surface area (Å²) in [5.74, 6) is 0.839. The van der Waals surface area contributed by atoms with Crippen molar-refractivity contribution >= 4 is 11.3 Å². The topological polar surface area (TPSA) is 41.9 Å². The largest absolute Gasteiger partial charge is 0.497 e. The molecule has 0 saturated heterocycles. The zero-order chi connectivity index (χ0) is 16.9. The van der Waals surface area contributed by atoms with Crippen LogP contribution in [0, 0.1) is 0 Å². The smallest absolute Gasteiger partial charge is 0.118 e. The van der Waals surface area contributed by atoms with Crippen LogP contribution in [0.25, 0.3) is 0 Å². The number of hydrogen-bond acceptors (Lipinski definition) is 5. The van der Waals surface area contributed by atoms with Crippen LogP contribution in [-0.4, -0.2) is 42.9 Å². The van der Waals surface area contributed by atoms with Gasteiger partial charge in [0.25, 0.3) is 0 Å². The number of ether oxygens (including phenoxy) is 2. The lowest BCUT2D eigenvalue weighted by atomic mass is 10.0. The lowest BCUT2D eigenvalue weighted by Crippen LogP contribution is -2.40. The second-order valence-corrected chi connectivity index (χ2v) is 7.24. The van der Waals surface area contributed by atoms with Crippen molar-refractivity contribution in [2.75, 3.05) is 26.8 Å². The van der Waals surface area contributed by atoms with Crippen LogP contribution in [0.4, 0.5) is 0 Å². The van der Waals surface area contributed by atoms with Crippen LogP contribution in [0.5, 0.6) is 5.75 Å². The van der Waals surface area contributed by atoms with E-state index in [2.05, 4.69) is 23.3 Å². The third kappa shape index (κ3) is 4.16. The number of β-amino-alcohol motifs (C(OH)–C–C–N with tert-alkyl or cyclic N) is 1. The highest BCUT2D eigenvalue weighted by Gasteiger charge is 2.26. The molecule has 0 spiro atoms. The molecule has 1 N–H and O–H groups in total. The van der Waals surface area contributed by atoms with Gasteiger partial charge in [0.15, 0.2) is 0 Å². The van der Waals surface area contributed by atoms with Gasteiger partial charge in [-0.05, 0) is 48.1 Å². The first-order valence-electron chi connectivity index (χ1n) is 8.36. The Morgan fingerprint density at radius 3 is 2.83 bits per heavy atom. The van der Waals surface area contributed by atoms with Crippen molar-refractivity contribution < 1.29 is 14.6 Å². The molecule has 1 aromatic carbocycles. The Bertz CT molecular complexity index is 640. The molecule has 0 amide bonds. The number of methoxy groups -OCH3 is 1. The van der Waals surface area contributed by atoms with Crippen LogP contribution >= 0.6 is 11.3 Å². The first kappa shape index (κ1) is 17.4. The maximum absolute atomic E-state index is 10.3. The number of aliphatic hydroxyl groups excluding tert-OH is 1. The fraction of sp³-hybridized carbons (Fsp3) is 0.474. The molecule has 1 aromatic heterocycles. The predicted octanol–water partition coefficient (Wildman–Crippen LogP) is 3.25. The van der Waals surface area contributed by atoms with E-state index in [1.165, 1.54) is 10.4 Å². The van der Waals surface area contributed by atoms with E-state index in [4.69, 9.17) is 9.47 Å². The summed E-state index contributed by atoms with van der Waals surface area (Å²) in [7, 11) is 1.66. The molecule has 1 aliphatic heterocycles. The molecule has 2 atom stereocenters. The molecule has 0 saturated carbocycles. The van der Waals surface area contributed by atoms with E-state index in [0.29, 0.717) is 25.8 Å². The monoisotopic (exact) mass is 347 g/mol. The third-order valence-electron chi connectivity index (χ3n) is 4.59. The van der Waals surface area contributed by atoms with Crippen molar-refractivity contribution in [3.8, 4) is 5.75 Å². The molecule has 24 heavy (non-hydrogen) atoms. The van der Waals surface area contributed by atoms with Gasteiger partial charge in [0, 0.05) is 24.0 Å². The highest BCUT2D eigenvalue weighted by Crippen LogP contribution is 2.32. The van der Waals surface area contributed by atoms with Gasteiger partial charge in [-0.25, -0.2) is 0 Å². The SMILES string of the molecule is COc1ccc(COC[C@H](O)CN2CCc3sccc3[C@@H]2C)cc1. The van der Waals surface area contributed by atoms with Crippen molar-refractivity contribution in [2.45, 2.75) is 32.1 Å². The average molecular weight is 347 g/mol. The molecule has 2 aromatic rings. The number of thiophene rings is 1. The standard InChI is InChI=1S/C19H25NO3S/c1-14-18-8-10-24-19(18)7-9-20(14)11-16(21)13-23-12-15-3-5-17(22-2)6-4-15/h3-6,8,10,14,16,21H,7,9,11-13H2,1-2H3/t14-,16+/m0/s1. The highest BCUT2D eigenvalue weighted by atomic mass is 32.1. The quantitative estimate of drug-likeness (QED) is 0.835. The van der Waals surface area contributed by atoms with Gasteiger partial charge in [0.2, 0.25) is 0 Å². The van der Waals surface area contributed by atoms with Crippen molar-refractivity contribution in [3.63, 3.8) is 0 Å². The summed E-state index contributed by atoms with van der Waals surface area (Å²) in [4.78, 5) is 3.83. The van der Waals surface area contributed by atoms with Crippen LogP contribution in [0.15, 0.2) is 35.7 Å². The summed E-state index contributed by atoms with van der Waals surface area (Å²) >= 11 is 1.84. The van der Waals surface area contributed by atoms with E-state index >= 15 is 0 Å². The molecule has 0 bridgehead atoms. The fourth-order valence-corrected chi connectivity index (χ4v) is 4.13. The number of fused-ring (bicyclic) bond motifs is 1. The molecule has 1 aliphatic rings. The number of hydrogen-bond donors (Lipinski definition) is 1. The van der Waals surface area contributed by atoms with Crippen LogP contribution in [0.2, 0.25) is 0 Å². The zero-order valence-corrected chi connectivity index (χ0v) is 15.1. The van der Waals surface area contributed by atoms with Gasteiger partial charge in [-0.15, -0.1) is 11.3 Å². The lowest BCUT2D eigenvalue weighted by Gasteiger charge is -2.34. The normalized spacial score (nSPS) is 19.0. The maximum Gasteiger partial charge on any atom is 0.118 e. The van der Waals surface area contributed by atoms with E-state index in [1.807, 2.05) is 35.6 Å². The predicted molar refractivity (Wildman–Crippen MR) is 96.7 cm³/mol. The van der Waals surface area contributed by atoms with Crippen molar-refractivity contribution in [2.24, 2.45) is 0 Å². The molecule has 5 heteroatoms. The molecular weight excluding hydrogens is 322 g/mol. The second kappa shape index (κ2) is 8.12. The average Bonchev–Trinajstić information content (AvgIpc) is 3.07. The molecular formula is C19H25NO3S. The second-order valence-electron chi connectivity index (χ2n) is 6.24. The summed E-state index contributed by atoms with van der Waals surface area (Å²) in [6.07, 6.45) is 0.613. The van der Waals surface area contributed by atoms with E-state index in [1.54, 1.807) is 7.11 Å². The molecule has 0 fully saturated rings. The number of aliphatic hydroxyl groups is 1. The molecule has 0 unspecified atom stereocenters. The molecule has 130 valence electrons. The first-order chi connectivity index (χ1) is 11.7. The summed E-state index contributed by atoms with van der Waals surface area (Å²) in [6, 6.07) is 10.4. The molecule has 3 rings (SSSR count). The molecule has 0 aliphatic carbocycles. The van der Waals surface area contributed by atoms with E-state index in [-0.39, 0.29) is 0 Å². The Morgan fingerprint density at radius 1 is 1.29 bits per heavy atom. The summed E-state index contributed by atoms with van der Waals surface area (Å²) in [5.41, 5.74) is 2.50. The van der Waals surface area contributed by atoms with Gasteiger partial charge in [0.1, 0.15) is 5.75 Å². The Kier molecular flexibility index (Phi) is 5.89. The van der Waals surface area contributed by atoms with Crippen molar-refractivity contribution in [3.05, 3.63) is 51.7 Å². The maximum atomic E-state index is 10.3. The van der Waals surface area contributed by atoms with E-state index < -0.39 is 6.10 Å². The Labute approximate surface area is 147 Å². The number of benzene rings is 1. The minimum absolute atomic E-state index is 0.353. The minimum Gasteiger partial charge on any atom is -0.497 e.